The molecule has 0 fully saturated rings. The largest absolute Gasteiger partial charge is 0.324 e. The zero-order valence-electron chi connectivity index (χ0n) is 12.6. The Morgan fingerprint density at radius 2 is 1.82 bits per heavy atom. The molecule has 3 aromatic rings. The standard InChI is InChI=1S/C18H19N3S/c1-2-13-3-5-14(6-4-13)16(19)11-18-21-17(12-22-18)15-7-9-20-10-8-15/h3-10,12,16H,2,11,19H2,1H3. The molecular weight excluding hydrogens is 290 g/mol. The molecule has 1 aromatic carbocycles. The first-order valence-electron chi connectivity index (χ1n) is 7.45. The Balaban J connectivity index is 1.71. The van der Waals surface area contributed by atoms with E-state index in [0.29, 0.717) is 0 Å². The summed E-state index contributed by atoms with van der Waals surface area (Å²) in [5, 5.41) is 3.15. The van der Waals surface area contributed by atoms with Crippen molar-refractivity contribution < 1.29 is 0 Å². The highest BCUT2D eigenvalue weighted by Crippen LogP contribution is 2.24. The number of benzene rings is 1. The number of nitrogens with two attached hydrogens (primary N) is 1. The molecule has 0 aliphatic rings. The molecule has 0 saturated carbocycles. The van der Waals surface area contributed by atoms with Crippen LogP contribution in [0, 0.1) is 0 Å². The van der Waals surface area contributed by atoms with E-state index in [1.165, 1.54) is 5.56 Å². The number of thiazole rings is 1. The molecule has 0 bridgehead atoms. The van der Waals surface area contributed by atoms with Gasteiger partial charge >= 0.3 is 0 Å². The van der Waals surface area contributed by atoms with Crippen molar-refractivity contribution >= 4 is 11.3 Å². The Hall–Kier alpha value is -2.04. The predicted octanol–water partition coefficient (Wildman–Crippen LogP) is 4.01. The van der Waals surface area contributed by atoms with Gasteiger partial charge in [-0.3, -0.25) is 4.98 Å². The van der Waals surface area contributed by atoms with Crippen LogP contribution in [0.1, 0.15) is 29.1 Å². The topological polar surface area (TPSA) is 51.8 Å². The number of hydrogen-bond acceptors (Lipinski definition) is 4. The number of aromatic nitrogens is 2. The van der Waals surface area contributed by atoms with Crippen LogP contribution in [0.4, 0.5) is 0 Å². The molecule has 1 unspecified atom stereocenters. The molecular formula is C18H19N3S. The Kier molecular flexibility index (Phi) is 4.61. The van der Waals surface area contributed by atoms with E-state index in [9.17, 15) is 0 Å². The lowest BCUT2D eigenvalue weighted by molar-refractivity contribution is 0.718. The van der Waals surface area contributed by atoms with Crippen LogP contribution in [0.15, 0.2) is 54.2 Å². The minimum atomic E-state index is -0.0117. The van der Waals surface area contributed by atoms with E-state index in [4.69, 9.17) is 10.7 Å². The quantitative estimate of drug-likeness (QED) is 0.774. The molecule has 3 nitrogen and oxygen atoms in total. The van der Waals surface area contributed by atoms with Gasteiger partial charge in [-0.1, -0.05) is 31.2 Å². The van der Waals surface area contributed by atoms with Crippen molar-refractivity contribution in [2.75, 3.05) is 0 Å². The predicted molar refractivity (Wildman–Crippen MR) is 91.8 cm³/mol. The Bertz CT molecular complexity index is 720. The Morgan fingerprint density at radius 3 is 2.50 bits per heavy atom. The van der Waals surface area contributed by atoms with Gasteiger partial charge in [0.2, 0.25) is 0 Å². The Labute approximate surface area is 134 Å². The number of pyridine rings is 1. The van der Waals surface area contributed by atoms with E-state index in [-0.39, 0.29) is 6.04 Å². The highest BCUT2D eigenvalue weighted by Gasteiger charge is 2.11. The van der Waals surface area contributed by atoms with Crippen LogP contribution in [0.25, 0.3) is 11.3 Å². The van der Waals surface area contributed by atoms with Crippen molar-refractivity contribution in [3.8, 4) is 11.3 Å². The molecule has 2 N–H and O–H groups in total. The van der Waals surface area contributed by atoms with Gasteiger partial charge in [0.05, 0.1) is 10.7 Å². The normalized spacial score (nSPS) is 12.3. The smallest absolute Gasteiger partial charge is 0.0951 e. The van der Waals surface area contributed by atoms with Gasteiger partial charge in [-0.05, 0) is 29.7 Å². The summed E-state index contributed by atoms with van der Waals surface area (Å²) in [6.07, 6.45) is 5.39. The minimum absolute atomic E-state index is 0.0117. The second kappa shape index (κ2) is 6.81. The lowest BCUT2D eigenvalue weighted by Crippen LogP contribution is -2.13. The van der Waals surface area contributed by atoms with Gasteiger partial charge in [0.25, 0.3) is 0 Å². The molecule has 0 radical (unpaired) electrons. The SMILES string of the molecule is CCc1ccc(C(N)Cc2nc(-c3ccncc3)cs2)cc1. The van der Waals surface area contributed by atoms with E-state index in [2.05, 4.69) is 41.6 Å². The summed E-state index contributed by atoms with van der Waals surface area (Å²) >= 11 is 1.66. The molecule has 22 heavy (non-hydrogen) atoms. The van der Waals surface area contributed by atoms with Crippen LogP contribution in [0.2, 0.25) is 0 Å². The molecule has 1 atom stereocenters. The van der Waals surface area contributed by atoms with Crippen molar-refractivity contribution in [3.63, 3.8) is 0 Å². The van der Waals surface area contributed by atoms with Gasteiger partial charge in [-0.25, -0.2) is 4.98 Å². The van der Waals surface area contributed by atoms with Crippen molar-refractivity contribution in [2.24, 2.45) is 5.73 Å². The van der Waals surface area contributed by atoms with Crippen molar-refractivity contribution in [2.45, 2.75) is 25.8 Å². The number of rotatable bonds is 5. The number of hydrogen-bond donors (Lipinski definition) is 1. The van der Waals surface area contributed by atoms with E-state index >= 15 is 0 Å². The van der Waals surface area contributed by atoms with Gasteiger partial charge in [-0.2, -0.15) is 0 Å². The molecule has 2 heterocycles. The number of aryl methyl sites for hydroxylation is 1. The second-order valence-corrected chi connectivity index (χ2v) is 6.21. The lowest BCUT2D eigenvalue weighted by Gasteiger charge is -2.10. The molecule has 112 valence electrons. The fraction of sp³-hybridized carbons (Fsp3) is 0.222. The summed E-state index contributed by atoms with van der Waals surface area (Å²) in [7, 11) is 0. The van der Waals surface area contributed by atoms with Crippen LogP contribution in [-0.4, -0.2) is 9.97 Å². The zero-order valence-corrected chi connectivity index (χ0v) is 13.4. The van der Waals surface area contributed by atoms with Crippen LogP contribution in [0.5, 0.6) is 0 Å². The third kappa shape index (κ3) is 3.40. The summed E-state index contributed by atoms with van der Waals surface area (Å²) < 4.78 is 0. The fourth-order valence-electron chi connectivity index (χ4n) is 2.37. The summed E-state index contributed by atoms with van der Waals surface area (Å²) in [5.41, 5.74) is 10.9. The molecule has 2 aromatic heterocycles. The molecule has 4 heteroatoms. The molecule has 0 aliphatic heterocycles. The van der Waals surface area contributed by atoms with Gasteiger partial charge in [0, 0.05) is 35.8 Å². The van der Waals surface area contributed by atoms with E-state index in [1.807, 2.05) is 12.1 Å². The lowest BCUT2D eigenvalue weighted by atomic mass is 10.0. The molecule has 0 spiro atoms. The average molecular weight is 309 g/mol. The first kappa shape index (κ1) is 14.9. The van der Waals surface area contributed by atoms with Crippen LogP contribution < -0.4 is 5.73 Å². The van der Waals surface area contributed by atoms with Gasteiger partial charge in [0.1, 0.15) is 0 Å². The highest BCUT2D eigenvalue weighted by atomic mass is 32.1. The molecule has 0 saturated heterocycles. The van der Waals surface area contributed by atoms with Gasteiger partial charge in [-0.15, -0.1) is 11.3 Å². The van der Waals surface area contributed by atoms with Gasteiger partial charge < -0.3 is 5.73 Å². The van der Waals surface area contributed by atoms with E-state index in [1.54, 1.807) is 23.7 Å². The molecule has 3 rings (SSSR count). The van der Waals surface area contributed by atoms with Crippen LogP contribution in [0.3, 0.4) is 0 Å². The zero-order chi connectivity index (χ0) is 15.4. The maximum absolute atomic E-state index is 6.32. The van der Waals surface area contributed by atoms with Crippen LogP contribution >= 0.6 is 11.3 Å². The molecule has 0 aliphatic carbocycles. The summed E-state index contributed by atoms with van der Waals surface area (Å²) in [6, 6.07) is 12.5. The first-order valence-corrected chi connectivity index (χ1v) is 8.33. The van der Waals surface area contributed by atoms with Crippen molar-refractivity contribution in [1.29, 1.82) is 0 Å². The molecule has 0 amide bonds. The third-order valence-corrected chi connectivity index (χ3v) is 4.61. The van der Waals surface area contributed by atoms with E-state index < -0.39 is 0 Å². The average Bonchev–Trinajstić information content (AvgIpc) is 3.04. The first-order chi connectivity index (χ1) is 10.8. The maximum atomic E-state index is 6.32. The number of nitrogens with zero attached hydrogens (tertiary/aromatic N) is 2. The van der Waals surface area contributed by atoms with E-state index in [0.717, 1.165) is 34.7 Å². The van der Waals surface area contributed by atoms with Crippen molar-refractivity contribution in [3.05, 3.63) is 70.3 Å². The minimum Gasteiger partial charge on any atom is -0.324 e. The third-order valence-electron chi connectivity index (χ3n) is 3.74. The highest BCUT2D eigenvalue weighted by molar-refractivity contribution is 7.09. The summed E-state index contributed by atoms with van der Waals surface area (Å²) in [5.74, 6) is 0. The summed E-state index contributed by atoms with van der Waals surface area (Å²) in [6.45, 7) is 2.16. The monoisotopic (exact) mass is 309 g/mol. The van der Waals surface area contributed by atoms with Gasteiger partial charge in [0.15, 0.2) is 0 Å². The van der Waals surface area contributed by atoms with Crippen molar-refractivity contribution in [1.82, 2.24) is 9.97 Å². The Morgan fingerprint density at radius 1 is 1.09 bits per heavy atom. The summed E-state index contributed by atoms with van der Waals surface area (Å²) in [4.78, 5) is 8.73. The van der Waals surface area contributed by atoms with Crippen LogP contribution in [-0.2, 0) is 12.8 Å². The maximum Gasteiger partial charge on any atom is 0.0951 e. The second-order valence-electron chi connectivity index (χ2n) is 5.27. The fourth-order valence-corrected chi connectivity index (χ4v) is 3.23.